The fourth-order valence-corrected chi connectivity index (χ4v) is 1.38. The average molecular weight is 230 g/mol. The standard InChI is InChI=1S/C10H12ClNOS/c1-7(14-2)10(13)12-9-5-3-4-8(11)6-9/h3-7H,1-2H3,(H,12,13). The molecule has 0 aliphatic rings. The van der Waals surface area contributed by atoms with Crippen LogP contribution in [0.4, 0.5) is 5.69 Å². The number of carbonyl (C=O) groups is 1. The molecule has 1 amide bonds. The van der Waals surface area contributed by atoms with E-state index in [4.69, 9.17) is 11.6 Å². The minimum atomic E-state index is -0.0472. The first-order valence-corrected chi connectivity index (χ1v) is 5.89. The molecule has 1 unspecified atom stereocenters. The Kier molecular flexibility index (Phi) is 4.29. The number of hydrogen-bond acceptors (Lipinski definition) is 2. The summed E-state index contributed by atoms with van der Waals surface area (Å²) in [6.07, 6.45) is 1.90. The molecular weight excluding hydrogens is 218 g/mol. The lowest BCUT2D eigenvalue weighted by molar-refractivity contribution is -0.115. The molecule has 0 aliphatic heterocycles. The molecule has 1 N–H and O–H groups in total. The van der Waals surface area contributed by atoms with Gasteiger partial charge in [-0.15, -0.1) is 0 Å². The van der Waals surface area contributed by atoms with E-state index in [2.05, 4.69) is 5.32 Å². The van der Waals surface area contributed by atoms with Crippen molar-refractivity contribution in [2.75, 3.05) is 11.6 Å². The molecule has 0 saturated heterocycles. The van der Waals surface area contributed by atoms with Crippen LogP contribution in [0, 0.1) is 0 Å². The van der Waals surface area contributed by atoms with E-state index in [1.807, 2.05) is 25.3 Å². The van der Waals surface area contributed by atoms with E-state index >= 15 is 0 Å². The first kappa shape index (κ1) is 11.4. The van der Waals surface area contributed by atoms with Gasteiger partial charge in [0, 0.05) is 10.7 Å². The highest BCUT2D eigenvalue weighted by molar-refractivity contribution is 7.99. The van der Waals surface area contributed by atoms with Crippen molar-refractivity contribution in [1.29, 1.82) is 0 Å². The Labute approximate surface area is 93.0 Å². The van der Waals surface area contributed by atoms with Gasteiger partial charge in [0.05, 0.1) is 5.25 Å². The van der Waals surface area contributed by atoms with Crippen molar-refractivity contribution in [2.45, 2.75) is 12.2 Å². The fraction of sp³-hybridized carbons (Fsp3) is 0.300. The molecule has 0 bridgehead atoms. The number of hydrogen-bond donors (Lipinski definition) is 1. The number of thioether (sulfide) groups is 1. The van der Waals surface area contributed by atoms with Crippen molar-refractivity contribution in [1.82, 2.24) is 0 Å². The predicted molar refractivity (Wildman–Crippen MR) is 63.1 cm³/mol. The van der Waals surface area contributed by atoms with Crippen LogP contribution in [0.1, 0.15) is 6.92 Å². The van der Waals surface area contributed by atoms with E-state index in [0.29, 0.717) is 5.02 Å². The summed E-state index contributed by atoms with van der Waals surface area (Å²) < 4.78 is 0. The molecule has 14 heavy (non-hydrogen) atoms. The molecule has 0 fully saturated rings. The summed E-state index contributed by atoms with van der Waals surface area (Å²) in [7, 11) is 0. The molecule has 0 heterocycles. The van der Waals surface area contributed by atoms with Gasteiger partial charge in [0.2, 0.25) is 5.91 Å². The molecule has 1 atom stereocenters. The van der Waals surface area contributed by atoms with Crippen molar-refractivity contribution in [3.8, 4) is 0 Å². The summed E-state index contributed by atoms with van der Waals surface area (Å²) in [5, 5.41) is 3.37. The lowest BCUT2D eigenvalue weighted by atomic mass is 10.3. The van der Waals surface area contributed by atoms with Crippen molar-refractivity contribution in [3.05, 3.63) is 29.3 Å². The average Bonchev–Trinajstić information content (AvgIpc) is 2.16. The molecule has 0 radical (unpaired) electrons. The van der Waals surface area contributed by atoms with Crippen LogP contribution in [-0.2, 0) is 4.79 Å². The van der Waals surface area contributed by atoms with E-state index in [1.165, 1.54) is 11.8 Å². The van der Waals surface area contributed by atoms with Crippen LogP contribution >= 0.6 is 23.4 Å². The highest BCUT2D eigenvalue weighted by Gasteiger charge is 2.10. The van der Waals surface area contributed by atoms with Gasteiger partial charge < -0.3 is 5.32 Å². The van der Waals surface area contributed by atoms with Crippen LogP contribution < -0.4 is 5.32 Å². The summed E-state index contributed by atoms with van der Waals surface area (Å²) in [6.45, 7) is 1.87. The molecular formula is C10H12ClNOS. The zero-order chi connectivity index (χ0) is 10.6. The number of anilines is 1. The summed E-state index contributed by atoms with van der Waals surface area (Å²) in [6, 6.07) is 7.13. The van der Waals surface area contributed by atoms with Gasteiger partial charge in [0.15, 0.2) is 0 Å². The van der Waals surface area contributed by atoms with Gasteiger partial charge in [-0.25, -0.2) is 0 Å². The van der Waals surface area contributed by atoms with Crippen LogP contribution in [0.2, 0.25) is 5.02 Å². The van der Waals surface area contributed by atoms with Crippen LogP contribution in [-0.4, -0.2) is 17.4 Å². The first-order valence-electron chi connectivity index (χ1n) is 4.22. The second-order valence-corrected chi connectivity index (χ2v) is 4.49. The number of nitrogens with one attached hydrogen (secondary N) is 1. The zero-order valence-corrected chi connectivity index (χ0v) is 9.65. The Bertz CT molecular complexity index is 330. The summed E-state index contributed by atoms with van der Waals surface area (Å²) in [4.78, 5) is 11.5. The minimum Gasteiger partial charge on any atom is -0.325 e. The maximum Gasteiger partial charge on any atom is 0.237 e. The van der Waals surface area contributed by atoms with E-state index in [1.54, 1.807) is 12.1 Å². The van der Waals surface area contributed by atoms with Gasteiger partial charge in [-0.05, 0) is 31.4 Å². The van der Waals surface area contributed by atoms with Crippen molar-refractivity contribution < 1.29 is 4.79 Å². The smallest absolute Gasteiger partial charge is 0.237 e. The second-order valence-electron chi connectivity index (χ2n) is 2.88. The normalized spacial score (nSPS) is 12.2. The molecule has 0 spiro atoms. The molecule has 1 aromatic rings. The van der Waals surface area contributed by atoms with Gasteiger partial charge in [-0.3, -0.25) is 4.79 Å². The van der Waals surface area contributed by atoms with Crippen LogP contribution in [0.25, 0.3) is 0 Å². The largest absolute Gasteiger partial charge is 0.325 e. The highest BCUT2D eigenvalue weighted by atomic mass is 35.5. The Balaban J connectivity index is 2.65. The van der Waals surface area contributed by atoms with Gasteiger partial charge in [0.25, 0.3) is 0 Å². The zero-order valence-electron chi connectivity index (χ0n) is 8.08. The van der Waals surface area contributed by atoms with Gasteiger partial charge in [-0.1, -0.05) is 17.7 Å². The molecule has 0 aliphatic carbocycles. The highest BCUT2D eigenvalue weighted by Crippen LogP contribution is 2.16. The third kappa shape index (κ3) is 3.24. The lowest BCUT2D eigenvalue weighted by Crippen LogP contribution is -2.21. The Morgan fingerprint density at radius 1 is 1.57 bits per heavy atom. The Morgan fingerprint density at radius 2 is 2.29 bits per heavy atom. The topological polar surface area (TPSA) is 29.1 Å². The molecule has 2 nitrogen and oxygen atoms in total. The van der Waals surface area contributed by atoms with E-state index in [0.717, 1.165) is 5.69 Å². The molecule has 1 aromatic carbocycles. The molecule has 1 rings (SSSR count). The number of carbonyl (C=O) groups excluding carboxylic acids is 1. The predicted octanol–water partition coefficient (Wildman–Crippen LogP) is 3.03. The molecule has 0 aromatic heterocycles. The fourth-order valence-electron chi connectivity index (χ4n) is 0.917. The van der Waals surface area contributed by atoms with E-state index in [-0.39, 0.29) is 11.2 Å². The quantitative estimate of drug-likeness (QED) is 0.863. The molecule has 76 valence electrons. The molecule has 4 heteroatoms. The minimum absolute atomic E-state index is 0.000216. The Morgan fingerprint density at radius 3 is 2.86 bits per heavy atom. The van der Waals surface area contributed by atoms with Gasteiger partial charge >= 0.3 is 0 Å². The van der Waals surface area contributed by atoms with Crippen molar-refractivity contribution >= 4 is 35.0 Å². The van der Waals surface area contributed by atoms with E-state index in [9.17, 15) is 4.79 Å². The van der Waals surface area contributed by atoms with Crippen molar-refractivity contribution in [2.24, 2.45) is 0 Å². The van der Waals surface area contributed by atoms with Gasteiger partial charge in [0.1, 0.15) is 0 Å². The van der Waals surface area contributed by atoms with Gasteiger partial charge in [-0.2, -0.15) is 11.8 Å². The molecule has 0 saturated carbocycles. The number of amides is 1. The third-order valence-corrected chi connectivity index (χ3v) is 2.97. The van der Waals surface area contributed by atoms with E-state index < -0.39 is 0 Å². The van der Waals surface area contributed by atoms with Crippen LogP contribution in [0.15, 0.2) is 24.3 Å². The first-order chi connectivity index (χ1) is 6.63. The maximum atomic E-state index is 11.5. The lowest BCUT2D eigenvalue weighted by Gasteiger charge is -2.09. The maximum absolute atomic E-state index is 11.5. The SMILES string of the molecule is CSC(C)C(=O)Nc1cccc(Cl)c1. The summed E-state index contributed by atoms with van der Waals surface area (Å²) in [5.41, 5.74) is 0.739. The summed E-state index contributed by atoms with van der Waals surface area (Å²) >= 11 is 7.30. The summed E-state index contributed by atoms with van der Waals surface area (Å²) in [5.74, 6) is -0.000216. The third-order valence-electron chi connectivity index (χ3n) is 1.81. The monoisotopic (exact) mass is 229 g/mol. The van der Waals surface area contributed by atoms with Crippen molar-refractivity contribution in [3.63, 3.8) is 0 Å². The number of halogens is 1. The number of rotatable bonds is 3. The van der Waals surface area contributed by atoms with Crippen LogP contribution in [0.3, 0.4) is 0 Å². The van der Waals surface area contributed by atoms with Crippen LogP contribution in [0.5, 0.6) is 0 Å². The second kappa shape index (κ2) is 5.27. The Hall–Kier alpha value is -0.670. The number of benzene rings is 1.